The molecule has 0 aliphatic carbocycles. The van der Waals surface area contributed by atoms with Gasteiger partial charge in [-0.1, -0.05) is 181 Å². The first kappa shape index (κ1) is 61.1. The van der Waals surface area contributed by atoms with Gasteiger partial charge >= 0.3 is 13.8 Å². The summed E-state index contributed by atoms with van der Waals surface area (Å²) in [6, 6.07) is 0. The molecule has 0 aromatic carbocycles. The van der Waals surface area contributed by atoms with Crippen LogP contribution in [0.3, 0.4) is 0 Å². The molecule has 0 bridgehead atoms. The summed E-state index contributed by atoms with van der Waals surface area (Å²) in [5.74, 6) is -0.407. The highest BCUT2D eigenvalue weighted by Crippen LogP contribution is 2.43. The number of esters is 1. The Morgan fingerprint density at radius 1 is 0.500 bits per heavy atom. The van der Waals surface area contributed by atoms with E-state index in [1.807, 2.05) is 0 Å². The highest BCUT2D eigenvalue weighted by molar-refractivity contribution is 7.47. The summed E-state index contributed by atoms with van der Waals surface area (Å²) in [6.07, 6.45) is 64.7. The first-order valence-corrected chi connectivity index (χ1v) is 26.4. The van der Waals surface area contributed by atoms with Crippen molar-refractivity contribution in [3.8, 4) is 0 Å². The molecule has 0 spiro atoms. The summed E-state index contributed by atoms with van der Waals surface area (Å²) in [5.41, 5.74) is 0. The second-order valence-corrected chi connectivity index (χ2v) is 17.5. The Morgan fingerprint density at radius 2 is 0.891 bits per heavy atom. The number of phosphoric ester groups is 1. The van der Waals surface area contributed by atoms with Crippen molar-refractivity contribution in [2.75, 3.05) is 33.0 Å². The fourth-order valence-corrected chi connectivity index (χ4v) is 6.98. The van der Waals surface area contributed by atoms with Gasteiger partial charge in [0.1, 0.15) is 12.2 Å². The minimum Gasteiger partial charge on any atom is -0.457 e. The Balaban J connectivity index is 4.21. The van der Waals surface area contributed by atoms with Crippen LogP contribution in [-0.2, 0) is 27.9 Å². The minimum atomic E-state index is -4.54. The van der Waals surface area contributed by atoms with Crippen LogP contribution < -0.4 is 0 Å². The number of aliphatic hydroxyl groups excluding tert-OH is 2. The van der Waals surface area contributed by atoms with Crippen molar-refractivity contribution < 1.29 is 43.0 Å². The van der Waals surface area contributed by atoms with Crippen LogP contribution in [0.15, 0.2) is 109 Å². The summed E-state index contributed by atoms with van der Waals surface area (Å²) in [5, 5.41) is 18.4. The number of phosphoric acid groups is 1. The van der Waals surface area contributed by atoms with Gasteiger partial charge < -0.3 is 24.6 Å². The third-order valence-corrected chi connectivity index (χ3v) is 10.9. The van der Waals surface area contributed by atoms with Crippen LogP contribution in [0.25, 0.3) is 0 Å². The highest BCUT2D eigenvalue weighted by atomic mass is 31.2. The van der Waals surface area contributed by atoms with E-state index in [0.29, 0.717) is 13.0 Å². The van der Waals surface area contributed by atoms with Crippen LogP contribution in [0.2, 0.25) is 0 Å². The van der Waals surface area contributed by atoms with Gasteiger partial charge in [-0.2, -0.15) is 0 Å². The van der Waals surface area contributed by atoms with Crippen molar-refractivity contribution in [2.45, 2.75) is 193 Å². The van der Waals surface area contributed by atoms with E-state index in [2.05, 4.69) is 123 Å². The molecule has 3 unspecified atom stereocenters. The van der Waals surface area contributed by atoms with Crippen LogP contribution in [0.1, 0.15) is 181 Å². The van der Waals surface area contributed by atoms with Crippen molar-refractivity contribution in [3.05, 3.63) is 109 Å². The molecule has 0 heterocycles. The van der Waals surface area contributed by atoms with Gasteiger partial charge in [-0.05, 0) is 103 Å². The van der Waals surface area contributed by atoms with Gasteiger partial charge in [-0.3, -0.25) is 13.8 Å². The Kier molecular flexibility index (Phi) is 47.3. The van der Waals surface area contributed by atoms with E-state index in [0.717, 1.165) is 128 Å². The maximum absolute atomic E-state index is 12.7. The van der Waals surface area contributed by atoms with Gasteiger partial charge in [0.05, 0.1) is 26.4 Å². The van der Waals surface area contributed by atoms with Crippen molar-refractivity contribution in [3.63, 3.8) is 0 Å². The van der Waals surface area contributed by atoms with Crippen LogP contribution in [0.4, 0.5) is 0 Å². The second-order valence-electron chi connectivity index (χ2n) is 16.1. The molecular formula is C54H91O9P. The van der Waals surface area contributed by atoms with E-state index in [1.54, 1.807) is 0 Å². The largest absolute Gasteiger partial charge is 0.472 e. The second kappa shape index (κ2) is 49.6. The molecule has 0 aliphatic rings. The van der Waals surface area contributed by atoms with Gasteiger partial charge in [0.2, 0.25) is 0 Å². The molecule has 3 atom stereocenters. The van der Waals surface area contributed by atoms with Crippen LogP contribution in [0.5, 0.6) is 0 Å². The monoisotopic (exact) mass is 915 g/mol. The van der Waals surface area contributed by atoms with Gasteiger partial charge in [0.15, 0.2) is 0 Å². The molecule has 10 heteroatoms. The summed E-state index contributed by atoms with van der Waals surface area (Å²) in [6.45, 7) is 3.29. The van der Waals surface area contributed by atoms with Gasteiger partial charge in [-0.15, -0.1) is 0 Å². The first-order chi connectivity index (χ1) is 31.3. The molecule has 0 aromatic rings. The zero-order valence-electron chi connectivity index (χ0n) is 40.2. The number of rotatable bonds is 46. The Hall–Kier alpha value is -2.88. The number of unbranched alkanes of at least 4 members (excludes halogenated alkanes) is 14. The van der Waals surface area contributed by atoms with E-state index in [1.165, 1.54) is 25.7 Å². The zero-order chi connectivity index (χ0) is 46.7. The van der Waals surface area contributed by atoms with Gasteiger partial charge in [-0.25, -0.2) is 4.57 Å². The molecule has 0 aliphatic heterocycles. The molecule has 9 nitrogen and oxygen atoms in total. The molecule has 0 saturated heterocycles. The molecule has 0 saturated carbocycles. The number of hydrogen-bond acceptors (Lipinski definition) is 8. The molecular weight excluding hydrogens is 824 g/mol. The molecule has 0 fully saturated rings. The number of carbonyl (C=O) groups excluding carboxylic acids is 1. The summed E-state index contributed by atoms with van der Waals surface area (Å²) >= 11 is 0. The summed E-state index contributed by atoms with van der Waals surface area (Å²) in [7, 11) is -4.54. The SMILES string of the molecule is CC/C=C\C/C=C\C/C=C\C/C=C\C/C=C\C/C=C\CCCCCCCOCC(COP(=O)(O)OCC(O)CO)OC(=O)CCCCCCCC/C=C\C/C=C\C/C=C\CCCCC. The lowest BCUT2D eigenvalue weighted by Crippen LogP contribution is -2.29. The van der Waals surface area contributed by atoms with Crippen LogP contribution >= 0.6 is 7.82 Å². The van der Waals surface area contributed by atoms with E-state index in [4.69, 9.17) is 23.6 Å². The molecule has 0 rings (SSSR count). The standard InChI is InChI=1S/C54H91O9P/c1-3-5-7-9-11-13-15-17-19-21-23-24-25-26-27-29-31-33-35-37-39-41-43-45-47-60-50-53(51-62-64(58,59)61-49-52(56)48-55)63-54(57)46-44-42-40-38-36-34-32-30-28-22-20-18-16-14-12-10-8-6-4-2/h5,7,11-14,17-20,23-24,26-28,30-31,33,52-53,55-56H,3-4,6,8-10,15-16,21-22,25,29,32,34-51H2,1-2H3,(H,58,59)/b7-5-,13-11-,14-12-,19-17-,20-18-,24-23-,27-26-,30-28-,33-31-. The van der Waals surface area contributed by atoms with E-state index in [-0.39, 0.29) is 13.0 Å². The first-order valence-electron chi connectivity index (χ1n) is 24.9. The van der Waals surface area contributed by atoms with Crippen LogP contribution in [0, 0.1) is 0 Å². The maximum Gasteiger partial charge on any atom is 0.472 e. The van der Waals surface area contributed by atoms with Crippen LogP contribution in [-0.4, -0.2) is 66.3 Å². The number of aliphatic hydroxyl groups is 2. The molecule has 0 radical (unpaired) electrons. The van der Waals surface area contributed by atoms with E-state index >= 15 is 0 Å². The van der Waals surface area contributed by atoms with Crippen molar-refractivity contribution in [1.29, 1.82) is 0 Å². The molecule has 3 N–H and O–H groups in total. The quantitative estimate of drug-likeness (QED) is 0.0236. The summed E-state index contributed by atoms with van der Waals surface area (Å²) in [4.78, 5) is 22.7. The Morgan fingerprint density at radius 3 is 1.34 bits per heavy atom. The lowest BCUT2D eigenvalue weighted by Gasteiger charge is -2.20. The lowest BCUT2D eigenvalue weighted by molar-refractivity contribution is -0.154. The molecule has 0 aromatic heterocycles. The van der Waals surface area contributed by atoms with Gasteiger partial charge in [0.25, 0.3) is 0 Å². The normalized spacial score (nSPS) is 14.8. The number of ether oxygens (including phenoxy) is 2. The average molecular weight is 915 g/mol. The Labute approximate surface area is 390 Å². The maximum atomic E-state index is 12.7. The third kappa shape index (κ3) is 48.6. The van der Waals surface area contributed by atoms with Crippen molar-refractivity contribution in [1.82, 2.24) is 0 Å². The van der Waals surface area contributed by atoms with Crippen molar-refractivity contribution in [2.24, 2.45) is 0 Å². The number of carbonyl (C=O) groups is 1. The average Bonchev–Trinajstić information content (AvgIpc) is 3.29. The predicted octanol–water partition coefficient (Wildman–Crippen LogP) is 14.6. The topological polar surface area (TPSA) is 132 Å². The Bertz CT molecular complexity index is 1360. The fraction of sp³-hybridized carbons (Fsp3) is 0.648. The minimum absolute atomic E-state index is 0.0228. The highest BCUT2D eigenvalue weighted by Gasteiger charge is 2.26. The van der Waals surface area contributed by atoms with Crippen molar-refractivity contribution >= 4 is 13.8 Å². The van der Waals surface area contributed by atoms with Gasteiger partial charge in [0, 0.05) is 13.0 Å². The lowest BCUT2D eigenvalue weighted by atomic mass is 10.1. The predicted molar refractivity (Wildman–Crippen MR) is 269 cm³/mol. The number of hydrogen-bond donors (Lipinski definition) is 3. The zero-order valence-corrected chi connectivity index (χ0v) is 41.1. The molecule has 64 heavy (non-hydrogen) atoms. The summed E-state index contributed by atoms with van der Waals surface area (Å²) < 4.78 is 33.5. The smallest absolute Gasteiger partial charge is 0.457 e. The molecule has 0 amide bonds. The fourth-order valence-electron chi connectivity index (χ4n) is 6.19. The number of allylic oxidation sites excluding steroid dienone is 18. The van der Waals surface area contributed by atoms with E-state index in [9.17, 15) is 19.4 Å². The molecule has 366 valence electrons. The third-order valence-electron chi connectivity index (χ3n) is 9.94. The van der Waals surface area contributed by atoms with E-state index < -0.39 is 45.8 Å².